The first kappa shape index (κ1) is 14.7. The van der Waals surface area contributed by atoms with E-state index in [1.807, 2.05) is 6.92 Å². The second-order valence-electron chi connectivity index (χ2n) is 3.48. The van der Waals surface area contributed by atoms with Gasteiger partial charge in [0.05, 0.1) is 0 Å². The van der Waals surface area contributed by atoms with E-state index in [-0.39, 0.29) is 4.80 Å². The van der Waals surface area contributed by atoms with E-state index in [4.69, 9.17) is 5.11 Å². The minimum absolute atomic E-state index is 0.0693. The Balaban J connectivity index is 3.12. The van der Waals surface area contributed by atoms with Crippen LogP contribution >= 0.6 is 23.1 Å². The molecule has 0 aromatic carbocycles. The molecule has 1 aromatic rings. The molecule has 0 fully saturated rings. The predicted octanol–water partition coefficient (Wildman–Crippen LogP) is 1.56. The Morgan fingerprint density at radius 2 is 2.22 bits per heavy atom. The Bertz CT molecular complexity index is 506. The third kappa shape index (κ3) is 3.84. The van der Waals surface area contributed by atoms with Crippen molar-refractivity contribution in [3.05, 3.63) is 4.80 Å². The molecule has 0 bridgehead atoms. The van der Waals surface area contributed by atoms with E-state index in [2.05, 4.69) is 10.1 Å². The van der Waals surface area contributed by atoms with Crippen LogP contribution < -0.4 is 4.80 Å². The molecule has 1 N–H and O–H groups in total. The molecule has 1 aromatic heterocycles. The predicted molar refractivity (Wildman–Crippen MR) is 69.2 cm³/mol. The van der Waals surface area contributed by atoms with Gasteiger partial charge >= 0.3 is 12.1 Å². The molecule has 1 rings (SSSR count). The van der Waals surface area contributed by atoms with Gasteiger partial charge in [-0.2, -0.15) is 4.99 Å². The van der Waals surface area contributed by atoms with Crippen LogP contribution in [0.1, 0.15) is 13.3 Å². The fourth-order valence-electron chi connectivity index (χ4n) is 0.890. The second-order valence-corrected chi connectivity index (χ2v) is 5.78. The van der Waals surface area contributed by atoms with Crippen LogP contribution in [0.4, 0.5) is 9.59 Å². The van der Waals surface area contributed by atoms with Crippen molar-refractivity contribution in [2.75, 3.05) is 19.8 Å². The number of carboxylic acid groups (broad SMARTS) is 1. The molecule has 9 heteroatoms. The molecule has 0 aliphatic carbocycles. The third-order valence-electron chi connectivity index (χ3n) is 1.73. The van der Waals surface area contributed by atoms with Crippen molar-refractivity contribution >= 4 is 35.2 Å². The van der Waals surface area contributed by atoms with Gasteiger partial charge in [0, 0.05) is 19.8 Å². The van der Waals surface area contributed by atoms with Crippen LogP contribution in [0.25, 0.3) is 0 Å². The van der Waals surface area contributed by atoms with Crippen molar-refractivity contribution in [2.45, 2.75) is 17.7 Å². The normalized spacial score (nSPS) is 11.6. The van der Waals surface area contributed by atoms with Gasteiger partial charge in [-0.3, -0.25) is 0 Å². The maximum atomic E-state index is 11.4. The Hall–Kier alpha value is -1.35. The summed E-state index contributed by atoms with van der Waals surface area (Å²) in [5, 5.41) is 12.9. The van der Waals surface area contributed by atoms with Crippen LogP contribution in [-0.4, -0.2) is 51.8 Å². The van der Waals surface area contributed by atoms with Crippen molar-refractivity contribution < 1.29 is 14.7 Å². The summed E-state index contributed by atoms with van der Waals surface area (Å²) < 4.78 is 1.31. The van der Waals surface area contributed by atoms with Gasteiger partial charge in [0.25, 0.3) is 0 Å². The average Bonchev–Trinajstić information content (AvgIpc) is 2.69. The standard InChI is InChI=1S/C9H14N4O3S2/c1-4-5-17-8-11-13(9(15)16)7(18-8)10-6(14)12(2)3/h4-5H2,1-3H3,(H,15,16). The molecular weight excluding hydrogens is 276 g/mol. The minimum atomic E-state index is -1.25. The van der Waals surface area contributed by atoms with Crippen molar-refractivity contribution in [1.29, 1.82) is 0 Å². The van der Waals surface area contributed by atoms with Gasteiger partial charge in [0.2, 0.25) is 4.80 Å². The lowest BCUT2D eigenvalue weighted by Gasteiger charge is -2.03. The van der Waals surface area contributed by atoms with E-state index in [0.717, 1.165) is 28.2 Å². The van der Waals surface area contributed by atoms with Gasteiger partial charge in [-0.05, 0) is 6.42 Å². The van der Waals surface area contributed by atoms with Crippen LogP contribution in [0, 0.1) is 0 Å². The molecular formula is C9H14N4O3S2. The lowest BCUT2D eigenvalue weighted by Crippen LogP contribution is -2.27. The molecule has 18 heavy (non-hydrogen) atoms. The third-order valence-corrected chi connectivity index (χ3v) is 3.97. The van der Waals surface area contributed by atoms with Crippen LogP contribution in [0.5, 0.6) is 0 Å². The van der Waals surface area contributed by atoms with Gasteiger partial charge in [-0.15, -0.1) is 9.78 Å². The highest BCUT2D eigenvalue weighted by molar-refractivity contribution is 8.00. The maximum Gasteiger partial charge on any atom is 0.434 e. The number of rotatable bonds is 3. The van der Waals surface area contributed by atoms with Gasteiger partial charge in [-0.1, -0.05) is 30.0 Å². The fourth-order valence-corrected chi connectivity index (χ4v) is 2.73. The van der Waals surface area contributed by atoms with Crippen LogP contribution in [0.3, 0.4) is 0 Å². The summed E-state index contributed by atoms with van der Waals surface area (Å²) in [7, 11) is 3.09. The van der Waals surface area contributed by atoms with E-state index in [0.29, 0.717) is 4.34 Å². The number of aromatic nitrogens is 2. The Morgan fingerprint density at radius 1 is 1.56 bits per heavy atom. The van der Waals surface area contributed by atoms with E-state index in [1.165, 1.54) is 16.7 Å². The summed E-state index contributed by atoms with van der Waals surface area (Å²) in [5.41, 5.74) is 0. The molecule has 0 spiro atoms. The SMILES string of the molecule is CCCSc1nn(C(=O)O)c(=NC(=O)N(C)C)s1. The number of hydrogen-bond acceptors (Lipinski definition) is 5. The summed E-state index contributed by atoms with van der Waals surface area (Å²) in [6.07, 6.45) is -0.291. The number of hydrogen-bond donors (Lipinski definition) is 1. The minimum Gasteiger partial charge on any atom is -0.463 e. The van der Waals surface area contributed by atoms with Gasteiger partial charge in [0.1, 0.15) is 0 Å². The van der Waals surface area contributed by atoms with E-state index >= 15 is 0 Å². The topological polar surface area (TPSA) is 87.8 Å². The lowest BCUT2D eigenvalue weighted by molar-refractivity contribution is 0.191. The first-order chi connectivity index (χ1) is 8.45. The molecule has 0 saturated carbocycles. The smallest absolute Gasteiger partial charge is 0.434 e. The largest absolute Gasteiger partial charge is 0.463 e. The Labute approximate surface area is 112 Å². The highest BCUT2D eigenvalue weighted by Crippen LogP contribution is 2.18. The van der Waals surface area contributed by atoms with Crippen molar-refractivity contribution in [2.24, 2.45) is 4.99 Å². The average molecular weight is 290 g/mol. The van der Waals surface area contributed by atoms with E-state index in [1.54, 1.807) is 14.1 Å². The first-order valence-corrected chi connectivity index (χ1v) is 6.98. The molecule has 100 valence electrons. The first-order valence-electron chi connectivity index (χ1n) is 5.18. The summed E-state index contributed by atoms with van der Waals surface area (Å²) in [6, 6.07) is -0.513. The number of amides is 2. The molecule has 0 aliphatic rings. The number of carbonyl (C=O) groups is 2. The quantitative estimate of drug-likeness (QED) is 0.853. The number of thioether (sulfide) groups is 1. The molecule has 0 radical (unpaired) electrons. The summed E-state index contributed by atoms with van der Waals surface area (Å²) in [5.74, 6) is 0.841. The lowest BCUT2D eigenvalue weighted by atomic mass is 10.6. The zero-order chi connectivity index (χ0) is 13.7. The maximum absolute atomic E-state index is 11.4. The highest BCUT2D eigenvalue weighted by Gasteiger charge is 2.12. The van der Waals surface area contributed by atoms with Gasteiger partial charge in [-0.25, -0.2) is 9.59 Å². The molecule has 7 nitrogen and oxygen atoms in total. The van der Waals surface area contributed by atoms with E-state index < -0.39 is 12.1 Å². The summed E-state index contributed by atoms with van der Waals surface area (Å²) >= 11 is 2.54. The van der Waals surface area contributed by atoms with Crippen molar-refractivity contribution in [1.82, 2.24) is 14.7 Å². The molecule has 0 unspecified atom stereocenters. The zero-order valence-electron chi connectivity index (χ0n) is 10.3. The molecule has 1 heterocycles. The van der Waals surface area contributed by atoms with Crippen LogP contribution in [0.2, 0.25) is 0 Å². The zero-order valence-corrected chi connectivity index (χ0v) is 11.9. The van der Waals surface area contributed by atoms with Gasteiger partial charge in [0.15, 0.2) is 4.34 Å². The molecule has 2 amide bonds. The Morgan fingerprint density at radius 3 is 2.72 bits per heavy atom. The summed E-state index contributed by atoms with van der Waals surface area (Å²) in [4.78, 5) is 27.5. The summed E-state index contributed by atoms with van der Waals surface area (Å²) in [6.45, 7) is 2.02. The fraction of sp³-hybridized carbons (Fsp3) is 0.556. The second kappa shape index (κ2) is 6.55. The monoisotopic (exact) mass is 290 g/mol. The number of nitrogens with zero attached hydrogens (tertiary/aromatic N) is 4. The molecule has 0 saturated heterocycles. The van der Waals surface area contributed by atoms with Crippen LogP contribution in [0.15, 0.2) is 9.33 Å². The Kier molecular flexibility index (Phi) is 5.35. The highest BCUT2D eigenvalue weighted by atomic mass is 32.2. The molecule has 0 aliphatic heterocycles. The van der Waals surface area contributed by atoms with Crippen LogP contribution in [-0.2, 0) is 0 Å². The molecule has 0 atom stereocenters. The van der Waals surface area contributed by atoms with Crippen molar-refractivity contribution in [3.8, 4) is 0 Å². The van der Waals surface area contributed by atoms with Crippen molar-refractivity contribution in [3.63, 3.8) is 0 Å². The van der Waals surface area contributed by atoms with Gasteiger partial charge < -0.3 is 10.0 Å². The van der Waals surface area contributed by atoms with E-state index in [9.17, 15) is 9.59 Å². The number of carbonyl (C=O) groups excluding carboxylic acids is 1. The number of urea groups is 1.